The van der Waals surface area contributed by atoms with Gasteiger partial charge in [0.25, 0.3) is 5.56 Å². The molecule has 1 unspecified atom stereocenters. The minimum absolute atomic E-state index is 0.0709. The molecule has 0 radical (unpaired) electrons. The molecule has 3 rings (SSSR count). The molecule has 5 nitrogen and oxygen atoms in total. The molecule has 1 aromatic carbocycles. The van der Waals surface area contributed by atoms with E-state index >= 15 is 0 Å². The molecule has 0 spiro atoms. The van der Waals surface area contributed by atoms with E-state index in [1.54, 1.807) is 6.33 Å². The lowest BCUT2D eigenvalue weighted by Gasteiger charge is -2.15. The molecule has 6 heteroatoms. The van der Waals surface area contributed by atoms with Crippen molar-refractivity contribution in [2.24, 2.45) is 5.92 Å². The standard InChI is InChI=1S/C23H29N3O2S/c1-14(2)12-18-6-8-19(9-7-18)16(4)25-20(27)10-11-26-13-24-22-21(23(26)28)15(3)17(5)29-22/h6-9,13-14,16H,10-12H2,1-5H3,(H,25,27). The summed E-state index contributed by atoms with van der Waals surface area (Å²) < 4.78 is 1.53. The van der Waals surface area contributed by atoms with E-state index in [4.69, 9.17) is 0 Å². The van der Waals surface area contributed by atoms with Crippen molar-refractivity contribution < 1.29 is 4.79 Å². The number of hydrogen-bond acceptors (Lipinski definition) is 4. The van der Waals surface area contributed by atoms with Crippen LogP contribution < -0.4 is 10.9 Å². The Balaban J connectivity index is 1.61. The number of fused-ring (bicyclic) bond motifs is 1. The van der Waals surface area contributed by atoms with Gasteiger partial charge in [0.15, 0.2) is 0 Å². The molecule has 2 aromatic heterocycles. The number of nitrogens with one attached hydrogen (secondary N) is 1. The molecule has 0 saturated carbocycles. The smallest absolute Gasteiger partial charge is 0.262 e. The first kappa shape index (κ1) is 21.2. The number of amides is 1. The largest absolute Gasteiger partial charge is 0.350 e. The van der Waals surface area contributed by atoms with Crippen LogP contribution in [0.25, 0.3) is 10.2 Å². The van der Waals surface area contributed by atoms with E-state index in [2.05, 4.69) is 48.4 Å². The molecule has 0 fully saturated rings. The highest BCUT2D eigenvalue weighted by Crippen LogP contribution is 2.25. The molecule has 0 aliphatic carbocycles. The van der Waals surface area contributed by atoms with Crippen molar-refractivity contribution in [1.82, 2.24) is 14.9 Å². The number of aromatic nitrogens is 2. The second-order valence-electron chi connectivity index (χ2n) is 8.09. The van der Waals surface area contributed by atoms with Gasteiger partial charge in [-0.2, -0.15) is 0 Å². The zero-order chi connectivity index (χ0) is 21.1. The first-order valence-corrected chi connectivity index (χ1v) is 10.9. The number of rotatable bonds is 7. The van der Waals surface area contributed by atoms with E-state index in [0.717, 1.165) is 27.3 Å². The summed E-state index contributed by atoms with van der Waals surface area (Å²) in [6.45, 7) is 10.7. The van der Waals surface area contributed by atoms with Gasteiger partial charge in [-0.25, -0.2) is 4.98 Å². The Labute approximate surface area is 175 Å². The molecule has 0 bridgehead atoms. The summed E-state index contributed by atoms with van der Waals surface area (Å²) in [7, 11) is 0. The van der Waals surface area contributed by atoms with E-state index in [1.807, 2.05) is 20.8 Å². The van der Waals surface area contributed by atoms with Crippen LogP contribution in [0.5, 0.6) is 0 Å². The van der Waals surface area contributed by atoms with Crippen molar-refractivity contribution in [1.29, 1.82) is 0 Å². The number of nitrogens with zero attached hydrogens (tertiary/aromatic N) is 2. The lowest BCUT2D eigenvalue weighted by Crippen LogP contribution is -2.29. The summed E-state index contributed by atoms with van der Waals surface area (Å²) in [4.78, 5) is 31.4. The topological polar surface area (TPSA) is 64.0 Å². The van der Waals surface area contributed by atoms with Crippen molar-refractivity contribution in [2.75, 3.05) is 0 Å². The lowest BCUT2D eigenvalue weighted by atomic mass is 10.00. The molecule has 0 saturated heterocycles. The van der Waals surface area contributed by atoms with Crippen LogP contribution in [0.1, 0.15) is 54.8 Å². The number of carbonyl (C=O) groups excluding carboxylic acids is 1. The first-order chi connectivity index (χ1) is 13.8. The average molecular weight is 412 g/mol. The van der Waals surface area contributed by atoms with Crippen molar-refractivity contribution in [3.05, 3.63) is 62.5 Å². The number of benzene rings is 1. The zero-order valence-corrected chi connectivity index (χ0v) is 18.6. The van der Waals surface area contributed by atoms with Crippen molar-refractivity contribution in [3.8, 4) is 0 Å². The Morgan fingerprint density at radius 1 is 1.17 bits per heavy atom. The second-order valence-corrected chi connectivity index (χ2v) is 9.29. The third-order valence-corrected chi connectivity index (χ3v) is 6.35. The molecule has 0 aliphatic heterocycles. The minimum Gasteiger partial charge on any atom is -0.350 e. The first-order valence-electron chi connectivity index (χ1n) is 10.1. The fourth-order valence-corrected chi connectivity index (χ4v) is 4.45. The molecule has 1 amide bonds. The maximum absolute atomic E-state index is 12.7. The average Bonchev–Trinajstić information content (AvgIpc) is 2.96. The molecule has 29 heavy (non-hydrogen) atoms. The summed E-state index contributed by atoms with van der Waals surface area (Å²) in [5.74, 6) is 0.547. The van der Waals surface area contributed by atoms with E-state index in [-0.39, 0.29) is 23.9 Å². The molecule has 1 N–H and O–H groups in total. The molecule has 2 heterocycles. The predicted octanol–water partition coefficient (Wildman–Crippen LogP) is 4.54. The van der Waals surface area contributed by atoms with Gasteiger partial charge < -0.3 is 5.32 Å². The number of aryl methyl sites for hydroxylation is 3. The van der Waals surface area contributed by atoms with E-state index in [0.29, 0.717) is 17.8 Å². The summed E-state index contributed by atoms with van der Waals surface area (Å²) in [6.07, 6.45) is 2.84. The Morgan fingerprint density at radius 2 is 1.86 bits per heavy atom. The molecule has 1 atom stereocenters. The molecular formula is C23H29N3O2S. The van der Waals surface area contributed by atoms with Crippen LogP contribution in [0, 0.1) is 19.8 Å². The Hall–Kier alpha value is -2.47. The third kappa shape index (κ3) is 4.93. The summed E-state index contributed by atoms with van der Waals surface area (Å²) in [5, 5.41) is 3.70. The quantitative estimate of drug-likeness (QED) is 0.621. The zero-order valence-electron chi connectivity index (χ0n) is 17.8. The fourth-order valence-electron chi connectivity index (χ4n) is 3.46. The van der Waals surface area contributed by atoms with Gasteiger partial charge in [0.05, 0.1) is 17.8 Å². The van der Waals surface area contributed by atoms with Crippen LogP contribution in [0.3, 0.4) is 0 Å². The Bertz CT molecular complexity index is 1060. The predicted molar refractivity (Wildman–Crippen MR) is 120 cm³/mol. The molecule has 154 valence electrons. The fraction of sp³-hybridized carbons (Fsp3) is 0.435. The highest BCUT2D eigenvalue weighted by Gasteiger charge is 2.14. The Morgan fingerprint density at radius 3 is 2.52 bits per heavy atom. The molecule has 3 aromatic rings. The van der Waals surface area contributed by atoms with Crippen LogP contribution >= 0.6 is 11.3 Å². The molecular weight excluding hydrogens is 382 g/mol. The van der Waals surface area contributed by atoms with Crippen LogP contribution in [0.15, 0.2) is 35.4 Å². The monoisotopic (exact) mass is 411 g/mol. The number of hydrogen-bond donors (Lipinski definition) is 1. The highest BCUT2D eigenvalue weighted by molar-refractivity contribution is 7.18. The summed E-state index contributed by atoms with van der Waals surface area (Å²) in [6, 6.07) is 8.33. The van der Waals surface area contributed by atoms with Crippen molar-refractivity contribution in [3.63, 3.8) is 0 Å². The maximum Gasteiger partial charge on any atom is 0.262 e. The molecule has 0 aliphatic rings. The van der Waals surface area contributed by atoms with Gasteiger partial charge in [-0.05, 0) is 49.8 Å². The SMILES string of the molecule is Cc1sc2ncn(CCC(=O)NC(C)c3ccc(CC(C)C)cc3)c(=O)c2c1C. The summed E-state index contributed by atoms with van der Waals surface area (Å²) >= 11 is 1.53. The highest BCUT2D eigenvalue weighted by atomic mass is 32.1. The van der Waals surface area contributed by atoms with Crippen LogP contribution in [0.2, 0.25) is 0 Å². The Kier molecular flexibility index (Phi) is 6.52. The number of thiophene rings is 1. The third-order valence-electron chi connectivity index (χ3n) is 5.24. The van der Waals surface area contributed by atoms with Gasteiger partial charge in [-0.15, -0.1) is 11.3 Å². The second kappa shape index (κ2) is 8.91. The van der Waals surface area contributed by atoms with E-state index < -0.39 is 0 Å². The van der Waals surface area contributed by atoms with E-state index in [1.165, 1.54) is 21.5 Å². The van der Waals surface area contributed by atoms with Crippen LogP contribution in [0.4, 0.5) is 0 Å². The van der Waals surface area contributed by atoms with Crippen LogP contribution in [-0.4, -0.2) is 15.5 Å². The lowest BCUT2D eigenvalue weighted by molar-refractivity contribution is -0.121. The van der Waals surface area contributed by atoms with E-state index in [9.17, 15) is 9.59 Å². The number of carbonyl (C=O) groups is 1. The van der Waals surface area contributed by atoms with Gasteiger partial charge in [-0.3, -0.25) is 14.2 Å². The van der Waals surface area contributed by atoms with Gasteiger partial charge in [0.1, 0.15) is 4.83 Å². The van der Waals surface area contributed by atoms with Gasteiger partial charge >= 0.3 is 0 Å². The maximum atomic E-state index is 12.7. The summed E-state index contributed by atoms with van der Waals surface area (Å²) in [5.41, 5.74) is 3.30. The minimum atomic E-state index is -0.0750. The van der Waals surface area contributed by atoms with Gasteiger partial charge in [0, 0.05) is 17.8 Å². The normalized spacial score (nSPS) is 12.5. The van der Waals surface area contributed by atoms with Crippen molar-refractivity contribution >= 4 is 27.5 Å². The van der Waals surface area contributed by atoms with Crippen molar-refractivity contribution in [2.45, 2.75) is 60.0 Å². The van der Waals surface area contributed by atoms with Crippen LogP contribution in [-0.2, 0) is 17.8 Å². The van der Waals surface area contributed by atoms with Gasteiger partial charge in [0.2, 0.25) is 5.91 Å². The van der Waals surface area contributed by atoms with Gasteiger partial charge in [-0.1, -0.05) is 38.1 Å².